The van der Waals surface area contributed by atoms with Crippen LogP contribution in [0.15, 0.2) is 12.1 Å². The van der Waals surface area contributed by atoms with Crippen LogP contribution >= 0.6 is 0 Å². The summed E-state index contributed by atoms with van der Waals surface area (Å²) < 4.78 is 0. The van der Waals surface area contributed by atoms with Crippen molar-refractivity contribution in [2.75, 3.05) is 14.1 Å². The predicted molar refractivity (Wildman–Crippen MR) is 65.5 cm³/mol. The normalized spacial score (nSPS) is 10.6. The van der Waals surface area contributed by atoms with Crippen LogP contribution in [0.4, 0.5) is 5.69 Å². The van der Waals surface area contributed by atoms with E-state index in [-0.39, 0.29) is 22.7 Å². The van der Waals surface area contributed by atoms with Crippen LogP contribution in [0.5, 0.6) is 0 Å². The summed E-state index contributed by atoms with van der Waals surface area (Å²) in [7, 11) is 3.19. The van der Waals surface area contributed by atoms with E-state index in [4.69, 9.17) is 0 Å². The predicted octanol–water partition coefficient (Wildman–Crippen LogP) is 1.48. The average molecular weight is 248 g/mol. The zero-order chi connectivity index (χ0) is 13.4. The number of carbonyl (C=O) groups excluding carboxylic acids is 1. The van der Waals surface area contributed by atoms with Crippen LogP contribution in [0.1, 0.15) is 16.2 Å². The van der Waals surface area contributed by atoms with Crippen LogP contribution in [-0.4, -0.2) is 39.8 Å². The molecule has 18 heavy (non-hydrogen) atoms. The van der Waals surface area contributed by atoms with E-state index in [1.165, 1.54) is 11.0 Å². The molecule has 0 unspecified atom stereocenters. The Morgan fingerprint density at radius 2 is 2.11 bits per heavy atom. The number of aryl methyl sites for hydroxylation is 1. The monoisotopic (exact) mass is 248 g/mol. The number of aromatic amines is 1. The van der Waals surface area contributed by atoms with Crippen molar-refractivity contribution in [3.63, 3.8) is 0 Å². The Morgan fingerprint density at radius 1 is 1.44 bits per heavy atom. The summed E-state index contributed by atoms with van der Waals surface area (Å²) in [6, 6.07) is 2.83. The Labute approximate surface area is 103 Å². The number of nitro groups is 1. The van der Waals surface area contributed by atoms with Crippen molar-refractivity contribution in [2.24, 2.45) is 0 Å². The van der Waals surface area contributed by atoms with Crippen molar-refractivity contribution in [1.82, 2.24) is 14.9 Å². The number of nitrogens with one attached hydrogen (secondary N) is 1. The summed E-state index contributed by atoms with van der Waals surface area (Å²) in [5.74, 6) is 0.287. The third-order valence-corrected chi connectivity index (χ3v) is 2.53. The maximum Gasteiger partial charge on any atom is 0.297 e. The van der Waals surface area contributed by atoms with Gasteiger partial charge in [-0.3, -0.25) is 14.9 Å². The molecule has 94 valence electrons. The van der Waals surface area contributed by atoms with Crippen molar-refractivity contribution >= 4 is 22.6 Å². The van der Waals surface area contributed by atoms with Crippen LogP contribution < -0.4 is 0 Å². The van der Waals surface area contributed by atoms with Gasteiger partial charge >= 0.3 is 0 Å². The third-order valence-electron chi connectivity index (χ3n) is 2.53. The maximum atomic E-state index is 11.8. The van der Waals surface area contributed by atoms with Gasteiger partial charge in [-0.25, -0.2) is 4.98 Å². The molecule has 2 rings (SSSR count). The lowest BCUT2D eigenvalue weighted by Gasteiger charge is -2.09. The first-order valence-electron chi connectivity index (χ1n) is 5.26. The molecule has 0 aliphatic rings. The molecule has 7 heteroatoms. The van der Waals surface area contributed by atoms with E-state index in [0.717, 1.165) is 0 Å². The van der Waals surface area contributed by atoms with Gasteiger partial charge in [-0.2, -0.15) is 0 Å². The topological polar surface area (TPSA) is 92.1 Å². The molecule has 0 spiro atoms. The molecule has 0 fully saturated rings. The molecule has 0 aliphatic heterocycles. The number of aromatic nitrogens is 2. The fourth-order valence-electron chi connectivity index (χ4n) is 1.74. The number of hydrogen-bond donors (Lipinski definition) is 1. The SMILES string of the molecule is Cc1nc2c([N+](=O)[O-])cc(C(=O)N(C)C)cc2[nH]1. The second kappa shape index (κ2) is 4.10. The fourth-order valence-corrected chi connectivity index (χ4v) is 1.74. The second-order valence-corrected chi connectivity index (χ2v) is 4.17. The molecule has 2 aromatic rings. The van der Waals surface area contributed by atoms with E-state index in [1.54, 1.807) is 27.1 Å². The van der Waals surface area contributed by atoms with Crippen LogP contribution in [0.2, 0.25) is 0 Å². The molecule has 0 saturated heterocycles. The molecule has 1 aromatic carbocycles. The zero-order valence-corrected chi connectivity index (χ0v) is 10.2. The number of nitro benzene ring substituents is 1. The molecule has 0 saturated carbocycles. The Morgan fingerprint density at radius 3 is 2.67 bits per heavy atom. The maximum absolute atomic E-state index is 11.8. The smallest absolute Gasteiger partial charge is 0.297 e. The first-order valence-corrected chi connectivity index (χ1v) is 5.26. The summed E-state index contributed by atoms with van der Waals surface area (Å²) >= 11 is 0. The number of hydrogen-bond acceptors (Lipinski definition) is 4. The van der Waals surface area contributed by atoms with Crippen LogP contribution in [0, 0.1) is 17.0 Å². The van der Waals surface area contributed by atoms with Gasteiger partial charge in [0.25, 0.3) is 11.6 Å². The number of imidazole rings is 1. The number of carbonyl (C=O) groups is 1. The van der Waals surface area contributed by atoms with E-state index in [0.29, 0.717) is 11.3 Å². The number of non-ortho nitro benzene ring substituents is 1. The van der Waals surface area contributed by atoms with Crippen LogP contribution in [0.3, 0.4) is 0 Å². The molecule has 0 radical (unpaired) electrons. The average Bonchev–Trinajstić information content (AvgIpc) is 2.66. The van der Waals surface area contributed by atoms with E-state index >= 15 is 0 Å². The van der Waals surface area contributed by atoms with Gasteiger partial charge in [0.05, 0.1) is 10.4 Å². The highest BCUT2D eigenvalue weighted by atomic mass is 16.6. The molecule has 1 heterocycles. The van der Waals surface area contributed by atoms with E-state index in [9.17, 15) is 14.9 Å². The number of nitrogens with zero attached hydrogens (tertiary/aromatic N) is 3. The lowest BCUT2D eigenvalue weighted by Crippen LogP contribution is -2.21. The van der Waals surface area contributed by atoms with E-state index in [1.807, 2.05) is 0 Å². The lowest BCUT2D eigenvalue weighted by molar-refractivity contribution is -0.383. The molecule has 0 atom stereocenters. The highest BCUT2D eigenvalue weighted by Gasteiger charge is 2.20. The van der Waals surface area contributed by atoms with Crippen molar-refractivity contribution in [2.45, 2.75) is 6.92 Å². The van der Waals surface area contributed by atoms with Crippen molar-refractivity contribution in [3.8, 4) is 0 Å². The number of amides is 1. The minimum absolute atomic E-state index is 0.165. The Kier molecular flexibility index (Phi) is 2.74. The highest BCUT2D eigenvalue weighted by Crippen LogP contribution is 2.26. The van der Waals surface area contributed by atoms with Gasteiger partial charge in [0, 0.05) is 25.7 Å². The fraction of sp³-hybridized carbons (Fsp3) is 0.273. The first-order chi connectivity index (χ1) is 8.40. The van der Waals surface area contributed by atoms with Gasteiger partial charge in [-0.05, 0) is 13.0 Å². The number of rotatable bonds is 2. The number of H-pyrrole nitrogens is 1. The van der Waals surface area contributed by atoms with Gasteiger partial charge in [0.2, 0.25) is 0 Å². The largest absolute Gasteiger partial charge is 0.345 e. The van der Waals surface area contributed by atoms with Crippen molar-refractivity contribution < 1.29 is 9.72 Å². The number of benzene rings is 1. The molecule has 7 nitrogen and oxygen atoms in total. The summed E-state index contributed by atoms with van der Waals surface area (Å²) in [6.07, 6.45) is 0. The molecular formula is C11H12N4O3. The van der Waals surface area contributed by atoms with Crippen LogP contribution in [-0.2, 0) is 0 Å². The zero-order valence-electron chi connectivity index (χ0n) is 10.2. The summed E-state index contributed by atoms with van der Waals surface area (Å²) in [4.78, 5) is 30.6. The molecule has 1 aromatic heterocycles. The van der Waals surface area contributed by atoms with Gasteiger partial charge in [-0.1, -0.05) is 0 Å². The molecule has 1 amide bonds. The van der Waals surface area contributed by atoms with E-state index in [2.05, 4.69) is 9.97 Å². The van der Waals surface area contributed by atoms with Crippen molar-refractivity contribution in [1.29, 1.82) is 0 Å². The van der Waals surface area contributed by atoms with Gasteiger partial charge in [0.1, 0.15) is 5.82 Å². The summed E-state index contributed by atoms with van der Waals surface area (Å²) in [5, 5.41) is 11.0. The Hall–Kier alpha value is -2.44. The minimum atomic E-state index is -0.533. The molecule has 0 aliphatic carbocycles. The van der Waals surface area contributed by atoms with Crippen LogP contribution in [0.25, 0.3) is 11.0 Å². The standard InChI is InChI=1S/C11H12N4O3/c1-6-12-8-4-7(11(16)14(2)3)5-9(15(17)18)10(8)13-6/h4-5H,1-3H3,(H,12,13). The molecule has 1 N–H and O–H groups in total. The third kappa shape index (κ3) is 1.90. The molecule has 0 bridgehead atoms. The number of fused-ring (bicyclic) bond motifs is 1. The van der Waals surface area contributed by atoms with E-state index < -0.39 is 4.92 Å². The first kappa shape index (κ1) is 12.0. The summed E-state index contributed by atoms with van der Waals surface area (Å²) in [5.41, 5.74) is 0.865. The molecular weight excluding hydrogens is 236 g/mol. The Balaban J connectivity index is 2.71. The summed E-state index contributed by atoms with van der Waals surface area (Å²) in [6.45, 7) is 1.71. The highest BCUT2D eigenvalue weighted by molar-refractivity contribution is 5.99. The second-order valence-electron chi connectivity index (χ2n) is 4.17. The van der Waals surface area contributed by atoms with Gasteiger partial charge in [0.15, 0.2) is 5.52 Å². The Bertz CT molecular complexity index is 645. The van der Waals surface area contributed by atoms with Crippen molar-refractivity contribution in [3.05, 3.63) is 33.6 Å². The minimum Gasteiger partial charge on any atom is -0.345 e. The quantitative estimate of drug-likeness (QED) is 0.643. The lowest BCUT2D eigenvalue weighted by atomic mass is 10.1. The van der Waals surface area contributed by atoms with Gasteiger partial charge < -0.3 is 9.88 Å². The van der Waals surface area contributed by atoms with Gasteiger partial charge in [-0.15, -0.1) is 0 Å².